The largest absolute Gasteiger partial charge is 0.392 e. The molecule has 2 heterocycles. The van der Waals surface area contributed by atoms with Gasteiger partial charge in [-0.15, -0.1) is 11.3 Å². The molecule has 4 rings (SSSR count). The lowest BCUT2D eigenvalue weighted by Gasteiger charge is -2.53. The van der Waals surface area contributed by atoms with Crippen LogP contribution in [0.2, 0.25) is 0 Å². The fourth-order valence-corrected chi connectivity index (χ4v) is 7.84. The lowest BCUT2D eigenvalue weighted by atomic mass is 9.53. The summed E-state index contributed by atoms with van der Waals surface area (Å²) in [5, 5.41) is 18.3. The number of morpholine rings is 1. The summed E-state index contributed by atoms with van der Waals surface area (Å²) in [4.78, 5) is 35.4. The van der Waals surface area contributed by atoms with Crippen LogP contribution in [0, 0.1) is 23.2 Å². The molecule has 9 nitrogen and oxygen atoms in total. The van der Waals surface area contributed by atoms with E-state index in [1.807, 2.05) is 25.9 Å². The van der Waals surface area contributed by atoms with Crippen molar-refractivity contribution < 1.29 is 19.4 Å². The van der Waals surface area contributed by atoms with E-state index >= 15 is 0 Å². The maximum absolute atomic E-state index is 13.0. The molecule has 3 aliphatic rings. The molecule has 1 aromatic heterocycles. The zero-order valence-electron chi connectivity index (χ0n) is 22.4. The normalized spacial score (nSPS) is 31.4. The van der Waals surface area contributed by atoms with Crippen molar-refractivity contribution in [2.24, 2.45) is 23.2 Å². The second kappa shape index (κ2) is 11.4. The highest BCUT2D eigenvalue weighted by molar-refractivity contribution is 7.15. The zero-order chi connectivity index (χ0) is 26.0. The third kappa shape index (κ3) is 5.93. The summed E-state index contributed by atoms with van der Waals surface area (Å²) in [5.41, 5.74) is 0.941. The standard InChI is InChI=1S/C26H43N5O4S/c1-16(24(34)27-8-9-31-10-12-35-13-11-31)18-6-7-26(3)14-19-22(17(2)21(26)23(18)33)29-25(36-19)28-20(32)15-30(4)5/h16-18,21,23,33H,6-15H2,1-5H3,(H,27,34)(H,28,29,32)/t16-,17-,18?,21+,23-,26-/m0/s1. The lowest BCUT2D eigenvalue weighted by Crippen LogP contribution is -2.53. The molecule has 0 spiro atoms. The number of rotatable bonds is 8. The van der Waals surface area contributed by atoms with E-state index in [-0.39, 0.29) is 40.9 Å². The van der Waals surface area contributed by atoms with Crippen LogP contribution in [-0.4, -0.2) is 97.8 Å². The molecular weight excluding hydrogens is 478 g/mol. The summed E-state index contributed by atoms with van der Waals surface area (Å²) >= 11 is 1.56. The summed E-state index contributed by atoms with van der Waals surface area (Å²) in [5.74, 6) is -0.285. The number of nitrogens with zero attached hydrogens (tertiary/aromatic N) is 3. The Hall–Kier alpha value is -1.59. The van der Waals surface area contributed by atoms with E-state index < -0.39 is 6.10 Å². The Labute approximate surface area is 219 Å². The Morgan fingerprint density at radius 3 is 2.75 bits per heavy atom. The summed E-state index contributed by atoms with van der Waals surface area (Å²) in [6.45, 7) is 11.4. The van der Waals surface area contributed by atoms with Gasteiger partial charge in [-0.3, -0.25) is 14.5 Å². The van der Waals surface area contributed by atoms with Gasteiger partial charge in [0.2, 0.25) is 11.8 Å². The van der Waals surface area contributed by atoms with Crippen molar-refractivity contribution in [3.05, 3.63) is 10.6 Å². The fourth-order valence-electron chi connectivity index (χ4n) is 6.56. The molecule has 1 aromatic rings. The highest BCUT2D eigenvalue weighted by Crippen LogP contribution is 2.57. The summed E-state index contributed by atoms with van der Waals surface area (Å²) < 4.78 is 5.39. The third-order valence-corrected chi connectivity index (χ3v) is 9.50. The summed E-state index contributed by atoms with van der Waals surface area (Å²) in [7, 11) is 3.73. The number of hydrogen-bond acceptors (Lipinski definition) is 8. The van der Waals surface area contributed by atoms with Crippen molar-refractivity contribution in [1.29, 1.82) is 0 Å². The van der Waals surface area contributed by atoms with Gasteiger partial charge < -0.3 is 25.4 Å². The molecule has 2 amide bonds. The van der Waals surface area contributed by atoms with Gasteiger partial charge >= 0.3 is 0 Å². The molecule has 0 bridgehead atoms. The first-order valence-corrected chi connectivity index (χ1v) is 14.1. The van der Waals surface area contributed by atoms with Crippen LogP contribution < -0.4 is 10.6 Å². The van der Waals surface area contributed by atoms with Gasteiger partial charge in [-0.05, 0) is 50.6 Å². The second-order valence-corrected chi connectivity index (χ2v) is 12.6. The van der Waals surface area contributed by atoms with Crippen LogP contribution in [0.1, 0.15) is 50.1 Å². The predicted octanol–water partition coefficient (Wildman–Crippen LogP) is 1.78. The number of aromatic nitrogens is 1. The minimum atomic E-state index is -0.569. The summed E-state index contributed by atoms with van der Waals surface area (Å²) in [6, 6.07) is 0. The molecule has 0 radical (unpaired) electrons. The maximum Gasteiger partial charge on any atom is 0.240 e. The molecule has 10 heteroatoms. The molecule has 0 aromatic carbocycles. The number of fused-ring (bicyclic) bond motifs is 2. The lowest BCUT2D eigenvalue weighted by molar-refractivity contribution is -0.134. The number of aliphatic hydroxyl groups is 1. The molecule has 2 fully saturated rings. The van der Waals surface area contributed by atoms with E-state index in [0.717, 1.165) is 57.8 Å². The molecule has 202 valence electrons. The fraction of sp³-hybridized carbons (Fsp3) is 0.808. The van der Waals surface area contributed by atoms with Gasteiger partial charge in [0.25, 0.3) is 0 Å². The maximum atomic E-state index is 13.0. The van der Waals surface area contributed by atoms with E-state index in [0.29, 0.717) is 18.2 Å². The molecule has 1 aliphatic heterocycles. The van der Waals surface area contributed by atoms with Gasteiger partial charge in [0.05, 0.1) is 31.6 Å². The van der Waals surface area contributed by atoms with Gasteiger partial charge in [0, 0.05) is 42.9 Å². The first-order valence-electron chi connectivity index (χ1n) is 13.3. The van der Waals surface area contributed by atoms with Crippen LogP contribution in [0.4, 0.5) is 5.13 Å². The van der Waals surface area contributed by atoms with Crippen molar-refractivity contribution in [3.63, 3.8) is 0 Å². The molecule has 36 heavy (non-hydrogen) atoms. The molecule has 1 unspecified atom stereocenters. The van der Waals surface area contributed by atoms with Crippen LogP contribution in [0.3, 0.4) is 0 Å². The smallest absolute Gasteiger partial charge is 0.240 e. The average molecular weight is 522 g/mol. The monoisotopic (exact) mass is 521 g/mol. The van der Waals surface area contributed by atoms with Crippen LogP contribution >= 0.6 is 11.3 Å². The van der Waals surface area contributed by atoms with Crippen molar-refractivity contribution in [2.75, 3.05) is 65.3 Å². The van der Waals surface area contributed by atoms with E-state index in [2.05, 4.69) is 29.4 Å². The topological polar surface area (TPSA) is 107 Å². The SMILES string of the molecule is C[C@H](C(=O)NCCN1CCOCC1)C1CC[C@@]2(C)Cc3sc(NC(=O)CN(C)C)nc3[C@@H](C)[C@@H]2[C@H]1O. The van der Waals surface area contributed by atoms with E-state index in [1.165, 1.54) is 4.88 Å². The number of hydrogen-bond donors (Lipinski definition) is 3. The number of ether oxygens (including phenoxy) is 1. The van der Waals surface area contributed by atoms with Crippen LogP contribution in [0.25, 0.3) is 0 Å². The average Bonchev–Trinajstić information content (AvgIpc) is 3.20. The first-order chi connectivity index (χ1) is 17.1. The quantitative estimate of drug-likeness (QED) is 0.479. The molecule has 1 saturated heterocycles. The van der Waals surface area contributed by atoms with Crippen LogP contribution in [0.5, 0.6) is 0 Å². The van der Waals surface area contributed by atoms with Gasteiger partial charge in [-0.25, -0.2) is 4.98 Å². The summed E-state index contributed by atoms with van der Waals surface area (Å²) in [6.07, 6.45) is 2.08. The van der Waals surface area contributed by atoms with Crippen molar-refractivity contribution >= 4 is 28.3 Å². The number of carbonyl (C=O) groups excluding carboxylic acids is 2. The highest BCUT2D eigenvalue weighted by atomic mass is 32.1. The highest BCUT2D eigenvalue weighted by Gasteiger charge is 2.53. The zero-order valence-corrected chi connectivity index (χ0v) is 23.2. The Morgan fingerprint density at radius 2 is 2.06 bits per heavy atom. The number of likely N-dealkylation sites (N-methyl/N-ethyl adjacent to an activating group) is 1. The molecular formula is C26H43N5O4S. The Balaban J connectivity index is 1.39. The van der Waals surface area contributed by atoms with Crippen molar-refractivity contribution in [2.45, 2.75) is 52.1 Å². The number of amides is 2. The van der Waals surface area contributed by atoms with Crippen molar-refractivity contribution in [3.8, 4) is 0 Å². The van der Waals surface area contributed by atoms with Gasteiger partial charge in [0.15, 0.2) is 5.13 Å². The van der Waals surface area contributed by atoms with E-state index in [4.69, 9.17) is 9.72 Å². The Morgan fingerprint density at radius 1 is 1.33 bits per heavy atom. The molecule has 6 atom stereocenters. The van der Waals surface area contributed by atoms with Gasteiger partial charge in [-0.1, -0.05) is 20.8 Å². The number of nitrogens with one attached hydrogen (secondary N) is 2. The molecule has 1 saturated carbocycles. The van der Waals surface area contributed by atoms with Gasteiger partial charge in [0.1, 0.15) is 0 Å². The van der Waals surface area contributed by atoms with Crippen molar-refractivity contribution in [1.82, 2.24) is 20.1 Å². The number of aliphatic hydroxyl groups excluding tert-OH is 1. The Kier molecular flexibility index (Phi) is 8.71. The first kappa shape index (κ1) is 27.4. The van der Waals surface area contributed by atoms with Crippen LogP contribution in [0.15, 0.2) is 0 Å². The molecule has 2 aliphatic carbocycles. The van der Waals surface area contributed by atoms with E-state index in [9.17, 15) is 14.7 Å². The van der Waals surface area contributed by atoms with Crippen LogP contribution in [-0.2, 0) is 20.7 Å². The van der Waals surface area contributed by atoms with Gasteiger partial charge in [-0.2, -0.15) is 0 Å². The second-order valence-electron chi connectivity index (χ2n) is 11.5. The minimum Gasteiger partial charge on any atom is -0.392 e. The van der Waals surface area contributed by atoms with E-state index in [1.54, 1.807) is 11.3 Å². The third-order valence-electron chi connectivity index (χ3n) is 8.52. The predicted molar refractivity (Wildman–Crippen MR) is 141 cm³/mol. The molecule has 3 N–H and O–H groups in total. The number of thiazole rings is 1. The Bertz CT molecular complexity index is 933. The number of anilines is 1. The number of carbonyl (C=O) groups is 2. The minimum absolute atomic E-state index is 0.0274.